The van der Waals surface area contributed by atoms with Gasteiger partial charge in [-0.15, -0.1) is 0 Å². The second-order valence-electron chi connectivity index (χ2n) is 7.23. The van der Waals surface area contributed by atoms with Crippen molar-refractivity contribution >= 4 is 16.9 Å². The highest BCUT2D eigenvalue weighted by Gasteiger charge is 2.24. The van der Waals surface area contributed by atoms with Crippen molar-refractivity contribution < 1.29 is 4.79 Å². The largest absolute Gasteiger partial charge is 0.351 e. The Kier molecular flexibility index (Phi) is 5.16. The van der Waals surface area contributed by atoms with Crippen LogP contribution in [0, 0.1) is 0 Å². The Morgan fingerprint density at radius 1 is 1.19 bits per heavy atom. The second-order valence-corrected chi connectivity index (χ2v) is 7.23. The van der Waals surface area contributed by atoms with Gasteiger partial charge in [0.05, 0.1) is 17.4 Å². The van der Waals surface area contributed by atoms with Crippen molar-refractivity contribution in [1.29, 1.82) is 0 Å². The Bertz CT molecular complexity index is 899. The molecule has 1 unspecified atom stereocenters. The standard InChI is InChI=1S/C21H25N5O/c1-16(26-15-23-19-4-2-3-5-20(19)26)21(27)24-18-8-12-25(13-9-18)14-17-6-10-22-11-7-17/h2-7,10-11,15-16,18H,8-9,12-14H2,1H3,(H,24,27). The first-order valence-electron chi connectivity index (χ1n) is 9.54. The zero-order valence-electron chi connectivity index (χ0n) is 15.6. The molecule has 3 heterocycles. The van der Waals surface area contributed by atoms with Crippen molar-refractivity contribution in [2.75, 3.05) is 13.1 Å². The number of carbonyl (C=O) groups is 1. The van der Waals surface area contributed by atoms with E-state index in [1.54, 1.807) is 6.33 Å². The van der Waals surface area contributed by atoms with E-state index in [1.807, 2.05) is 48.1 Å². The molecular formula is C21H25N5O. The van der Waals surface area contributed by atoms with Gasteiger partial charge in [-0.25, -0.2) is 4.98 Å². The number of fused-ring (bicyclic) bond motifs is 1. The molecule has 4 rings (SSSR count). The topological polar surface area (TPSA) is 63.1 Å². The zero-order valence-corrected chi connectivity index (χ0v) is 15.6. The van der Waals surface area contributed by atoms with Crippen molar-refractivity contribution in [1.82, 2.24) is 24.8 Å². The fourth-order valence-electron chi connectivity index (χ4n) is 3.72. The number of imidazole rings is 1. The molecule has 3 aromatic rings. The summed E-state index contributed by atoms with van der Waals surface area (Å²) in [5, 5.41) is 3.23. The van der Waals surface area contributed by atoms with Gasteiger partial charge in [-0.3, -0.25) is 14.7 Å². The third kappa shape index (κ3) is 4.01. The van der Waals surface area contributed by atoms with Gasteiger partial charge in [0.15, 0.2) is 0 Å². The normalized spacial score (nSPS) is 17.1. The fraction of sp³-hybridized carbons (Fsp3) is 0.381. The molecule has 1 N–H and O–H groups in total. The molecule has 1 fully saturated rings. The van der Waals surface area contributed by atoms with Gasteiger partial charge >= 0.3 is 0 Å². The van der Waals surface area contributed by atoms with Gasteiger partial charge in [0.2, 0.25) is 5.91 Å². The number of hydrogen-bond acceptors (Lipinski definition) is 4. The number of nitrogens with one attached hydrogen (secondary N) is 1. The highest BCUT2D eigenvalue weighted by molar-refractivity contribution is 5.83. The number of pyridine rings is 1. The molecule has 2 aromatic heterocycles. The van der Waals surface area contributed by atoms with E-state index >= 15 is 0 Å². The van der Waals surface area contributed by atoms with Crippen LogP contribution in [0.2, 0.25) is 0 Å². The third-order valence-corrected chi connectivity index (χ3v) is 5.37. The van der Waals surface area contributed by atoms with Gasteiger partial charge in [0, 0.05) is 38.1 Å². The molecule has 1 aliphatic heterocycles. The van der Waals surface area contributed by atoms with E-state index in [2.05, 4.69) is 32.3 Å². The molecule has 6 nitrogen and oxygen atoms in total. The average Bonchev–Trinajstić information content (AvgIpc) is 3.14. The molecule has 6 heteroatoms. The van der Waals surface area contributed by atoms with E-state index in [9.17, 15) is 4.79 Å². The second kappa shape index (κ2) is 7.88. The van der Waals surface area contributed by atoms with E-state index < -0.39 is 0 Å². The van der Waals surface area contributed by atoms with Crippen LogP contribution in [0.4, 0.5) is 0 Å². The number of hydrogen-bond donors (Lipinski definition) is 1. The van der Waals surface area contributed by atoms with Gasteiger partial charge < -0.3 is 9.88 Å². The predicted molar refractivity (Wildman–Crippen MR) is 105 cm³/mol. The minimum Gasteiger partial charge on any atom is -0.351 e. The summed E-state index contributed by atoms with van der Waals surface area (Å²) >= 11 is 0. The molecule has 1 aliphatic rings. The summed E-state index contributed by atoms with van der Waals surface area (Å²) in [7, 11) is 0. The van der Waals surface area contributed by atoms with Crippen LogP contribution in [-0.4, -0.2) is 44.5 Å². The van der Waals surface area contributed by atoms with E-state index in [1.165, 1.54) is 5.56 Å². The Morgan fingerprint density at radius 3 is 2.70 bits per heavy atom. The molecule has 1 aromatic carbocycles. The Morgan fingerprint density at radius 2 is 1.93 bits per heavy atom. The van der Waals surface area contributed by atoms with Crippen LogP contribution in [0.15, 0.2) is 55.1 Å². The van der Waals surface area contributed by atoms with Crippen molar-refractivity contribution in [3.8, 4) is 0 Å². The van der Waals surface area contributed by atoms with Crippen molar-refractivity contribution in [3.05, 3.63) is 60.7 Å². The smallest absolute Gasteiger partial charge is 0.243 e. The Balaban J connectivity index is 1.31. The number of para-hydroxylation sites is 2. The minimum absolute atomic E-state index is 0.0609. The summed E-state index contributed by atoms with van der Waals surface area (Å²) in [5.41, 5.74) is 3.20. The first-order chi connectivity index (χ1) is 13.2. The lowest BCUT2D eigenvalue weighted by molar-refractivity contribution is -0.124. The monoisotopic (exact) mass is 363 g/mol. The lowest BCUT2D eigenvalue weighted by Gasteiger charge is -2.33. The lowest BCUT2D eigenvalue weighted by atomic mass is 10.0. The number of benzene rings is 1. The van der Waals surface area contributed by atoms with Gasteiger partial charge in [0.25, 0.3) is 0 Å². The molecular weight excluding hydrogens is 338 g/mol. The molecule has 0 aliphatic carbocycles. The molecule has 0 spiro atoms. The number of piperidine rings is 1. The maximum Gasteiger partial charge on any atom is 0.243 e. The molecule has 140 valence electrons. The summed E-state index contributed by atoms with van der Waals surface area (Å²) in [6.07, 6.45) is 7.39. The van der Waals surface area contributed by atoms with Crippen LogP contribution in [0.25, 0.3) is 11.0 Å². The van der Waals surface area contributed by atoms with Crippen LogP contribution in [0.1, 0.15) is 31.4 Å². The van der Waals surface area contributed by atoms with Crippen LogP contribution in [0.5, 0.6) is 0 Å². The summed E-state index contributed by atoms with van der Waals surface area (Å²) in [6.45, 7) is 4.87. The molecule has 1 atom stereocenters. The first-order valence-corrected chi connectivity index (χ1v) is 9.54. The predicted octanol–water partition coefficient (Wildman–Crippen LogP) is 2.77. The van der Waals surface area contributed by atoms with E-state index in [-0.39, 0.29) is 18.0 Å². The summed E-state index contributed by atoms with van der Waals surface area (Å²) in [5.74, 6) is 0.0609. The van der Waals surface area contributed by atoms with Crippen molar-refractivity contribution in [2.45, 2.75) is 38.4 Å². The van der Waals surface area contributed by atoms with Crippen LogP contribution >= 0.6 is 0 Å². The summed E-state index contributed by atoms with van der Waals surface area (Å²) in [6, 6.07) is 12.0. The summed E-state index contributed by atoms with van der Waals surface area (Å²) in [4.78, 5) is 23.6. The van der Waals surface area contributed by atoms with Gasteiger partial charge in [-0.1, -0.05) is 12.1 Å². The molecule has 27 heavy (non-hydrogen) atoms. The van der Waals surface area contributed by atoms with Crippen molar-refractivity contribution in [3.63, 3.8) is 0 Å². The van der Waals surface area contributed by atoms with Gasteiger partial charge in [0.1, 0.15) is 6.04 Å². The number of carbonyl (C=O) groups excluding carboxylic acids is 1. The van der Waals surface area contributed by atoms with Crippen molar-refractivity contribution in [2.24, 2.45) is 0 Å². The molecule has 1 saturated heterocycles. The number of likely N-dealkylation sites (tertiary alicyclic amines) is 1. The molecule has 1 amide bonds. The van der Waals surface area contributed by atoms with E-state index in [0.717, 1.165) is 43.5 Å². The highest BCUT2D eigenvalue weighted by Crippen LogP contribution is 2.19. The highest BCUT2D eigenvalue weighted by atomic mass is 16.2. The zero-order chi connectivity index (χ0) is 18.6. The number of amides is 1. The number of aromatic nitrogens is 3. The third-order valence-electron chi connectivity index (χ3n) is 5.37. The average molecular weight is 363 g/mol. The van der Waals surface area contributed by atoms with E-state index in [0.29, 0.717) is 0 Å². The minimum atomic E-state index is -0.271. The fourth-order valence-corrected chi connectivity index (χ4v) is 3.72. The maximum absolute atomic E-state index is 12.7. The summed E-state index contributed by atoms with van der Waals surface area (Å²) < 4.78 is 1.95. The molecule has 0 bridgehead atoms. The SMILES string of the molecule is CC(C(=O)NC1CCN(Cc2ccncc2)CC1)n1cnc2ccccc21. The Labute approximate surface area is 159 Å². The van der Waals surface area contributed by atoms with Crippen LogP contribution < -0.4 is 5.32 Å². The quantitative estimate of drug-likeness (QED) is 0.757. The van der Waals surface area contributed by atoms with Crippen LogP contribution in [-0.2, 0) is 11.3 Å². The Hall–Kier alpha value is -2.73. The molecule has 0 radical (unpaired) electrons. The molecule has 0 saturated carbocycles. The number of rotatable bonds is 5. The van der Waals surface area contributed by atoms with Gasteiger partial charge in [-0.2, -0.15) is 0 Å². The number of nitrogens with zero attached hydrogens (tertiary/aromatic N) is 4. The maximum atomic E-state index is 12.7. The first kappa shape index (κ1) is 17.7. The van der Waals surface area contributed by atoms with Crippen LogP contribution in [0.3, 0.4) is 0 Å². The van der Waals surface area contributed by atoms with Gasteiger partial charge in [-0.05, 0) is 49.6 Å². The lowest BCUT2D eigenvalue weighted by Crippen LogP contribution is -2.46. The van der Waals surface area contributed by atoms with E-state index in [4.69, 9.17) is 0 Å².